The Morgan fingerprint density at radius 2 is 2.12 bits per heavy atom. The van der Waals surface area contributed by atoms with E-state index < -0.39 is 0 Å². The third kappa shape index (κ3) is 2.23. The Morgan fingerprint density at radius 1 is 1.38 bits per heavy atom. The molecule has 2 unspecified atom stereocenters. The molecule has 4 nitrogen and oxygen atoms in total. The van der Waals surface area contributed by atoms with Gasteiger partial charge >= 0.3 is 0 Å². The van der Waals surface area contributed by atoms with Crippen molar-refractivity contribution in [3.05, 3.63) is 29.6 Å². The lowest BCUT2D eigenvalue weighted by Crippen LogP contribution is -2.23. The standard InChI is InChI=1S/C12H18N4/c1-7(13)5-10(14)9-3-4-11-12(6-9)16-8(2)15-11/h3-4,6-7,10H,5,13-14H2,1-2H3,(H,15,16). The first-order valence-corrected chi connectivity index (χ1v) is 5.53. The second-order valence-electron chi connectivity index (χ2n) is 4.42. The fourth-order valence-electron chi connectivity index (χ4n) is 1.92. The lowest BCUT2D eigenvalue weighted by atomic mass is 10.0. The van der Waals surface area contributed by atoms with Crippen molar-refractivity contribution in [2.45, 2.75) is 32.4 Å². The Hall–Kier alpha value is -1.39. The molecule has 4 heteroatoms. The number of aryl methyl sites for hydroxylation is 1. The first kappa shape index (κ1) is 11.1. The number of imidazole rings is 1. The van der Waals surface area contributed by atoms with Gasteiger partial charge in [-0.25, -0.2) is 4.98 Å². The number of aromatic amines is 1. The third-order valence-electron chi connectivity index (χ3n) is 2.68. The molecular formula is C12H18N4. The molecule has 0 radical (unpaired) electrons. The van der Waals surface area contributed by atoms with Gasteiger partial charge in [0.05, 0.1) is 11.0 Å². The highest BCUT2D eigenvalue weighted by atomic mass is 14.9. The Morgan fingerprint density at radius 3 is 2.81 bits per heavy atom. The maximum Gasteiger partial charge on any atom is 0.104 e. The van der Waals surface area contributed by atoms with Gasteiger partial charge in [-0.15, -0.1) is 0 Å². The summed E-state index contributed by atoms with van der Waals surface area (Å²) in [4.78, 5) is 7.56. The summed E-state index contributed by atoms with van der Waals surface area (Å²) in [6.45, 7) is 3.92. The van der Waals surface area contributed by atoms with Crippen LogP contribution < -0.4 is 11.5 Å². The molecule has 0 saturated carbocycles. The molecule has 0 amide bonds. The maximum absolute atomic E-state index is 6.08. The highest BCUT2D eigenvalue weighted by Crippen LogP contribution is 2.20. The molecule has 0 aliphatic carbocycles. The van der Waals surface area contributed by atoms with E-state index in [9.17, 15) is 0 Å². The number of rotatable bonds is 3. The summed E-state index contributed by atoms with van der Waals surface area (Å²) in [6, 6.07) is 6.19. The van der Waals surface area contributed by atoms with Gasteiger partial charge in [0.2, 0.25) is 0 Å². The highest BCUT2D eigenvalue weighted by molar-refractivity contribution is 5.75. The van der Waals surface area contributed by atoms with E-state index in [0.29, 0.717) is 0 Å². The number of fused-ring (bicyclic) bond motifs is 1. The van der Waals surface area contributed by atoms with Gasteiger partial charge in [0.25, 0.3) is 0 Å². The molecule has 0 fully saturated rings. The number of nitrogens with zero attached hydrogens (tertiary/aromatic N) is 1. The highest BCUT2D eigenvalue weighted by Gasteiger charge is 2.10. The maximum atomic E-state index is 6.08. The van der Waals surface area contributed by atoms with Crippen LogP contribution in [0.15, 0.2) is 18.2 Å². The van der Waals surface area contributed by atoms with E-state index in [0.717, 1.165) is 28.8 Å². The van der Waals surface area contributed by atoms with Crippen molar-refractivity contribution in [3.8, 4) is 0 Å². The number of H-pyrrole nitrogens is 1. The first-order valence-electron chi connectivity index (χ1n) is 5.53. The summed E-state index contributed by atoms with van der Waals surface area (Å²) in [5.74, 6) is 0.924. The molecule has 0 saturated heterocycles. The van der Waals surface area contributed by atoms with Gasteiger partial charge in [-0.05, 0) is 38.0 Å². The minimum atomic E-state index is -0.00648. The average Bonchev–Trinajstić information content (AvgIpc) is 2.55. The van der Waals surface area contributed by atoms with Gasteiger partial charge in [0, 0.05) is 12.1 Å². The van der Waals surface area contributed by atoms with Crippen LogP contribution in [0.5, 0.6) is 0 Å². The molecule has 2 rings (SSSR count). The molecule has 2 aromatic rings. The van der Waals surface area contributed by atoms with Crippen LogP contribution in [0.2, 0.25) is 0 Å². The average molecular weight is 218 g/mol. The second-order valence-corrected chi connectivity index (χ2v) is 4.42. The molecule has 0 spiro atoms. The van der Waals surface area contributed by atoms with Crippen LogP contribution in [0.1, 0.15) is 30.8 Å². The van der Waals surface area contributed by atoms with Crippen molar-refractivity contribution < 1.29 is 0 Å². The Kier molecular flexibility index (Phi) is 2.94. The van der Waals surface area contributed by atoms with Crippen molar-refractivity contribution in [1.29, 1.82) is 0 Å². The largest absolute Gasteiger partial charge is 0.342 e. The van der Waals surface area contributed by atoms with Gasteiger partial charge in [-0.3, -0.25) is 0 Å². The molecule has 1 heterocycles. The predicted molar refractivity (Wildman–Crippen MR) is 66.0 cm³/mol. The van der Waals surface area contributed by atoms with Gasteiger partial charge in [-0.1, -0.05) is 6.07 Å². The van der Waals surface area contributed by atoms with Crippen LogP contribution in [0, 0.1) is 6.92 Å². The SMILES string of the molecule is Cc1nc2ccc(C(N)CC(C)N)cc2[nH]1. The quantitative estimate of drug-likeness (QED) is 0.732. The second kappa shape index (κ2) is 4.23. The molecule has 1 aromatic heterocycles. The Labute approximate surface area is 95.0 Å². The molecule has 2 atom stereocenters. The van der Waals surface area contributed by atoms with Gasteiger partial charge in [0.1, 0.15) is 5.82 Å². The van der Waals surface area contributed by atoms with Gasteiger partial charge in [0.15, 0.2) is 0 Å². The smallest absolute Gasteiger partial charge is 0.104 e. The topological polar surface area (TPSA) is 80.7 Å². The molecule has 0 aliphatic heterocycles. The number of nitrogens with two attached hydrogens (primary N) is 2. The Bertz CT molecular complexity index is 487. The number of hydrogen-bond acceptors (Lipinski definition) is 3. The fraction of sp³-hybridized carbons (Fsp3) is 0.417. The normalized spacial score (nSPS) is 15.2. The monoisotopic (exact) mass is 218 g/mol. The zero-order valence-electron chi connectivity index (χ0n) is 9.70. The molecule has 1 aromatic carbocycles. The van der Waals surface area contributed by atoms with Crippen LogP contribution in [0.25, 0.3) is 11.0 Å². The lowest BCUT2D eigenvalue weighted by molar-refractivity contribution is 0.569. The molecule has 0 bridgehead atoms. The zero-order valence-corrected chi connectivity index (χ0v) is 9.70. The van der Waals surface area contributed by atoms with Crippen molar-refractivity contribution in [2.75, 3.05) is 0 Å². The summed E-state index contributed by atoms with van der Waals surface area (Å²) in [7, 11) is 0. The molecule has 16 heavy (non-hydrogen) atoms. The molecular weight excluding hydrogens is 200 g/mol. The number of hydrogen-bond donors (Lipinski definition) is 3. The van der Waals surface area contributed by atoms with E-state index in [4.69, 9.17) is 11.5 Å². The number of aromatic nitrogens is 2. The predicted octanol–water partition coefficient (Wildman–Crippen LogP) is 1.61. The molecule has 5 N–H and O–H groups in total. The van der Waals surface area contributed by atoms with Crippen molar-refractivity contribution in [2.24, 2.45) is 11.5 Å². The van der Waals surface area contributed by atoms with E-state index in [1.54, 1.807) is 0 Å². The summed E-state index contributed by atoms with van der Waals surface area (Å²) in [5.41, 5.74) is 14.9. The fourth-order valence-corrected chi connectivity index (χ4v) is 1.92. The van der Waals surface area contributed by atoms with Crippen LogP contribution in [0.4, 0.5) is 0 Å². The van der Waals surface area contributed by atoms with E-state index in [1.807, 2.05) is 26.0 Å². The Balaban J connectivity index is 2.31. The summed E-state index contributed by atoms with van der Waals surface area (Å²) in [6.07, 6.45) is 0.790. The lowest BCUT2D eigenvalue weighted by Gasteiger charge is -2.14. The van der Waals surface area contributed by atoms with E-state index in [2.05, 4.69) is 16.0 Å². The van der Waals surface area contributed by atoms with E-state index in [-0.39, 0.29) is 12.1 Å². The number of benzene rings is 1. The zero-order chi connectivity index (χ0) is 11.7. The third-order valence-corrected chi connectivity index (χ3v) is 2.68. The molecule has 0 aliphatic rings. The van der Waals surface area contributed by atoms with E-state index >= 15 is 0 Å². The van der Waals surface area contributed by atoms with Crippen molar-refractivity contribution >= 4 is 11.0 Å². The summed E-state index contributed by atoms with van der Waals surface area (Å²) in [5, 5.41) is 0. The summed E-state index contributed by atoms with van der Waals surface area (Å²) < 4.78 is 0. The summed E-state index contributed by atoms with van der Waals surface area (Å²) >= 11 is 0. The van der Waals surface area contributed by atoms with Crippen LogP contribution >= 0.6 is 0 Å². The minimum Gasteiger partial charge on any atom is -0.342 e. The van der Waals surface area contributed by atoms with Gasteiger partial charge in [-0.2, -0.15) is 0 Å². The molecule has 86 valence electrons. The van der Waals surface area contributed by atoms with Gasteiger partial charge < -0.3 is 16.5 Å². The van der Waals surface area contributed by atoms with Crippen molar-refractivity contribution in [1.82, 2.24) is 9.97 Å². The van der Waals surface area contributed by atoms with E-state index in [1.165, 1.54) is 0 Å². The van der Waals surface area contributed by atoms with Crippen LogP contribution in [0.3, 0.4) is 0 Å². The van der Waals surface area contributed by atoms with Crippen LogP contribution in [-0.4, -0.2) is 16.0 Å². The van der Waals surface area contributed by atoms with Crippen LogP contribution in [-0.2, 0) is 0 Å². The minimum absolute atomic E-state index is 0.00648. The van der Waals surface area contributed by atoms with Crippen molar-refractivity contribution in [3.63, 3.8) is 0 Å². The number of nitrogens with one attached hydrogen (secondary N) is 1. The first-order chi connectivity index (χ1) is 7.56.